The molecule has 0 aromatic carbocycles. The van der Waals surface area contributed by atoms with Crippen molar-refractivity contribution in [1.29, 1.82) is 0 Å². The van der Waals surface area contributed by atoms with Gasteiger partial charge in [0.25, 0.3) is 5.79 Å². The minimum atomic E-state index is -3.25. The molecule has 580 valence electrons. The fraction of sp³-hybridized carbons (Fsp3) is 0.981. The minimum absolute atomic E-state index is 0.827. The summed E-state index contributed by atoms with van der Waals surface area (Å²) >= 11 is 0. The van der Waals surface area contributed by atoms with Gasteiger partial charge in [0.05, 0.1) is 83.8 Å². The van der Waals surface area contributed by atoms with Gasteiger partial charge in [-0.3, -0.25) is 0 Å². The van der Waals surface area contributed by atoms with E-state index >= 15 is 0 Å². The zero-order chi connectivity index (χ0) is 73.7. The van der Waals surface area contributed by atoms with Crippen LogP contribution >= 0.6 is 0 Å². The summed E-state index contributed by atoms with van der Waals surface area (Å²) in [5.41, 5.74) is 11.5. The monoisotopic (exact) mass is 1460 g/mol. The van der Waals surface area contributed by atoms with Crippen LogP contribution < -0.4 is 11.5 Å². The van der Waals surface area contributed by atoms with E-state index in [-0.39, 0.29) is 0 Å². The summed E-state index contributed by atoms with van der Waals surface area (Å²) in [5.74, 6) is -5.38. The van der Waals surface area contributed by atoms with Crippen LogP contribution in [0.1, 0.15) is 6.42 Å². The third-order valence-electron chi connectivity index (χ3n) is 18.0. The van der Waals surface area contributed by atoms with Gasteiger partial charge < -0.3 is 226 Å². The highest BCUT2D eigenvalue weighted by molar-refractivity contribution is 5.76. The van der Waals surface area contributed by atoms with Gasteiger partial charge in [0.15, 0.2) is 37.7 Å². The number of nitrogens with two attached hydrogens (primary N) is 2. The fourth-order valence-corrected chi connectivity index (χ4v) is 12.0. The van der Waals surface area contributed by atoms with Crippen LogP contribution in [0.15, 0.2) is 0 Å². The molecule has 7 aliphatic rings. The topological polar surface area (TPSA) is 785 Å². The number of carboxylic acids is 1. The normalized spacial score (nSPS) is 47.3. The predicted octanol–water partition coefficient (Wildman–Crippen LogP) is -21.0. The summed E-state index contributed by atoms with van der Waals surface area (Å²) in [6.45, 7) is -10.5. The third kappa shape index (κ3) is 18.2. The Labute approximate surface area is 558 Å². The van der Waals surface area contributed by atoms with E-state index in [1.54, 1.807) is 0 Å². The maximum Gasteiger partial charge on any atom is 0.364 e. The van der Waals surface area contributed by atoms with Gasteiger partial charge in [0, 0.05) is 6.42 Å². The van der Waals surface area contributed by atoms with Crippen molar-refractivity contribution in [3.05, 3.63) is 0 Å². The number of hydrogen-bond acceptors (Lipinski definition) is 45. The van der Waals surface area contributed by atoms with E-state index in [1.165, 1.54) is 0 Å². The first kappa shape index (κ1) is 84.0. The Balaban J connectivity index is 1.25. The predicted molar refractivity (Wildman–Crippen MR) is 300 cm³/mol. The summed E-state index contributed by atoms with van der Waals surface area (Å²) in [7, 11) is 0. The maximum absolute atomic E-state index is 13.3. The molecule has 0 bridgehead atoms. The quantitative estimate of drug-likeness (QED) is 0.0306. The Morgan fingerprint density at radius 3 is 1.28 bits per heavy atom. The van der Waals surface area contributed by atoms with Crippen molar-refractivity contribution in [3.63, 3.8) is 0 Å². The van der Waals surface area contributed by atoms with E-state index in [0.717, 1.165) is 0 Å². The fourth-order valence-electron chi connectivity index (χ4n) is 12.0. The molecule has 7 aliphatic heterocycles. The van der Waals surface area contributed by atoms with E-state index in [1.807, 2.05) is 0 Å². The lowest BCUT2D eigenvalue weighted by Crippen LogP contribution is -2.71. The molecular weight excluding hydrogens is 1370 g/mol. The number of aliphatic carboxylic acids is 1. The van der Waals surface area contributed by atoms with Crippen molar-refractivity contribution in [3.8, 4) is 0 Å². The van der Waals surface area contributed by atoms with Crippen LogP contribution in [0.2, 0.25) is 0 Å². The molecule has 0 aliphatic carbocycles. The van der Waals surface area contributed by atoms with Crippen molar-refractivity contribution >= 4 is 5.97 Å². The third-order valence-corrected chi connectivity index (χ3v) is 18.0. The maximum atomic E-state index is 13.3. The first-order valence-corrected chi connectivity index (χ1v) is 31.1. The second-order valence-corrected chi connectivity index (χ2v) is 24.8. The Hall–Kier alpha value is -2.29. The van der Waals surface area contributed by atoms with Gasteiger partial charge in [0.1, 0.15) is 189 Å². The summed E-state index contributed by atoms with van der Waals surface area (Å²) in [6.07, 6.45) is -90.2. The molecule has 0 saturated carbocycles. The zero-order valence-corrected chi connectivity index (χ0v) is 52.0. The van der Waals surface area contributed by atoms with E-state index in [4.69, 9.17) is 77.8 Å². The summed E-state index contributed by atoms with van der Waals surface area (Å²) in [6, 6.07) is -3.11. The van der Waals surface area contributed by atoms with Crippen molar-refractivity contribution < 1.29 is 219 Å². The number of carboxylic acid groups (broad SMARTS) is 1. The smallest absolute Gasteiger partial charge is 0.364 e. The van der Waals surface area contributed by atoms with Crippen LogP contribution in [0.5, 0.6) is 0 Å². The highest BCUT2D eigenvalue weighted by atomic mass is 16.8. The van der Waals surface area contributed by atoms with E-state index < -0.39 is 329 Å². The van der Waals surface area contributed by atoms with E-state index in [2.05, 4.69) is 0 Å². The number of hydrogen-bond donors (Lipinski definition) is 31. The van der Waals surface area contributed by atoms with Crippen molar-refractivity contribution in [2.24, 2.45) is 11.5 Å². The number of ether oxygens (including phenoxy) is 14. The van der Waals surface area contributed by atoms with Crippen molar-refractivity contribution in [2.75, 3.05) is 59.5 Å². The van der Waals surface area contributed by atoms with Gasteiger partial charge in [-0.1, -0.05) is 0 Å². The minimum Gasteiger partial charge on any atom is -0.477 e. The van der Waals surface area contributed by atoms with Crippen LogP contribution in [0, 0.1) is 0 Å². The molecule has 0 unspecified atom stereocenters. The second kappa shape index (κ2) is 36.3. The molecule has 0 aromatic rings. The number of rotatable bonds is 31. The molecule has 0 spiro atoms. The highest BCUT2D eigenvalue weighted by Crippen LogP contribution is 2.42. The molecule has 46 heteroatoms. The molecule has 46 nitrogen and oxygen atoms in total. The first-order valence-electron chi connectivity index (χ1n) is 31.1. The van der Waals surface area contributed by atoms with Crippen LogP contribution in [-0.4, -0.2) is 471 Å². The molecule has 7 heterocycles. The van der Waals surface area contributed by atoms with E-state index in [0.29, 0.717) is 0 Å². The summed E-state index contributed by atoms with van der Waals surface area (Å²) < 4.78 is 80.8. The zero-order valence-electron chi connectivity index (χ0n) is 52.0. The van der Waals surface area contributed by atoms with Gasteiger partial charge in [0.2, 0.25) is 0 Å². The molecule has 0 radical (unpaired) electrons. The molecule has 7 saturated heterocycles. The number of aliphatic hydroxyl groups is 28. The molecule has 33 N–H and O–H groups in total. The largest absolute Gasteiger partial charge is 0.477 e. The molecule has 0 aromatic heterocycles. The van der Waals surface area contributed by atoms with Crippen LogP contribution in [0.3, 0.4) is 0 Å². The van der Waals surface area contributed by atoms with Gasteiger partial charge >= 0.3 is 5.97 Å². The number of carbonyl (C=O) groups is 1. The average Bonchev–Trinajstić information content (AvgIpc) is 0.751. The Bertz CT molecular complexity index is 2430. The Kier molecular flexibility index (Phi) is 30.8. The molecular formula is C53H94N2O44. The van der Waals surface area contributed by atoms with Crippen LogP contribution in [0.25, 0.3) is 0 Å². The second-order valence-electron chi connectivity index (χ2n) is 24.8. The highest BCUT2D eigenvalue weighted by Gasteiger charge is 2.62. The molecule has 7 fully saturated rings. The van der Waals surface area contributed by atoms with Gasteiger partial charge in [-0.15, -0.1) is 0 Å². The lowest BCUT2D eigenvalue weighted by molar-refractivity contribution is -0.420. The summed E-state index contributed by atoms with van der Waals surface area (Å²) in [4.78, 5) is 13.3. The lowest BCUT2D eigenvalue weighted by atomic mass is 9.91. The van der Waals surface area contributed by atoms with Crippen molar-refractivity contribution in [1.82, 2.24) is 0 Å². The van der Waals surface area contributed by atoms with Gasteiger partial charge in [-0.25, -0.2) is 4.79 Å². The molecule has 42 atom stereocenters. The SMILES string of the molecule is N[C@H]1[C@H](OC[C@@H](O)[C@@H](O)[C@H](O)[C@@H](N)CO)O[C@H](CO[C@]2(C(=O)O)C[C@@H](O)[C@@H](O[C@H]3O[C@H]([C@@H](O)CO)[C@@H](O[C@@H]4O[C@H](CO)[C@@H](O)[C@H](O)[C@H]4O)[C@H](O[C@H]4O[C@H]([C@@H](O)CO)[C@@H](O)[C@H](O)[C@@H]4O[C@H]4O[C@H]([C@@H](O)CO)[C@@H](O)[C@H](O)[C@@H]4O[C@@H]4O[C@H](CO)[C@H](O)[C@H](O)[C@H]4O)[C@@H]3O)[C@@H]([C@H](O)CO)O2)[C@@H](O)[C@@H]1O. The van der Waals surface area contributed by atoms with Crippen LogP contribution in [-0.2, 0) is 71.1 Å². The standard InChI is InChI=1S/C53H94N2O44/c54-11(2-56)22(69)23(70)17(68)9-86-46-21(55)27(74)26(73)20(90-46)10-87-53(52(84)85)1-12(63)39(41(99-53)16(67)6-60)93-49-36(83)42(45(40(94-49)15(66)5-59)98-48-35(82)29(76)25(72)19(8-62)89-48)95-50-44(33(80)31(78)37(91-50)13(64)3-57)97-51-43(32(79)30(77)38(92-51)14(65)4-58)96-47-34(81)28(75)24(71)18(7-61)88-47/h11-51,56-83H,1-10,54-55H2,(H,84,85)/t11-,12+,13-,14-,15-,16+,17+,18+,19+,20+,21+,22+,23+,24-,25+,26+,27+,28-,29-,30-,31-,32-,33-,34+,35+,36-,37+,38+,39+,40+,41+,42+,43-,44-,45+,46+,47-,48-,49-,50+,51+,53+/m0/s1. The molecule has 0 amide bonds. The van der Waals surface area contributed by atoms with E-state index in [9.17, 15) is 153 Å². The summed E-state index contributed by atoms with van der Waals surface area (Å²) in [5, 5.41) is 314. The van der Waals surface area contributed by atoms with Crippen molar-refractivity contribution in [2.45, 2.75) is 263 Å². The Morgan fingerprint density at radius 1 is 0.414 bits per heavy atom. The lowest BCUT2D eigenvalue weighted by Gasteiger charge is -2.52. The molecule has 7 rings (SSSR count). The van der Waals surface area contributed by atoms with Gasteiger partial charge in [-0.2, -0.15) is 0 Å². The first-order chi connectivity index (χ1) is 46.6. The number of aliphatic hydroxyl groups excluding tert-OH is 28. The average molecular weight is 1460 g/mol. The van der Waals surface area contributed by atoms with Gasteiger partial charge in [-0.05, 0) is 0 Å². The molecule has 99 heavy (non-hydrogen) atoms. The Morgan fingerprint density at radius 2 is 0.818 bits per heavy atom. The van der Waals surface area contributed by atoms with Crippen LogP contribution in [0.4, 0.5) is 0 Å².